The molecular weight excluding hydrogens is 404 g/mol. The van der Waals surface area contributed by atoms with Gasteiger partial charge >= 0.3 is 0 Å². The molecule has 0 spiro atoms. The van der Waals surface area contributed by atoms with E-state index in [2.05, 4.69) is 39.6 Å². The first kappa shape index (κ1) is 21.7. The number of amides is 1. The fourth-order valence-corrected chi connectivity index (χ4v) is 3.87. The smallest absolute Gasteiger partial charge is 0.251 e. The minimum atomic E-state index is -0.356. The summed E-state index contributed by atoms with van der Waals surface area (Å²) < 4.78 is 8.81. The second-order valence-electron chi connectivity index (χ2n) is 6.81. The Morgan fingerprint density at radius 2 is 1.85 bits per heavy atom. The minimum Gasteiger partial charge on any atom is -0.382 e. The van der Waals surface area contributed by atoms with Crippen molar-refractivity contribution >= 4 is 21.8 Å². The Kier molecular flexibility index (Phi) is 8.58. The highest BCUT2D eigenvalue weighted by Gasteiger charge is 2.24. The largest absolute Gasteiger partial charge is 0.382 e. The molecular formula is C22H31BrN2O2. The first-order valence-electron chi connectivity index (χ1n) is 9.86. The molecule has 2 aromatic rings. The van der Waals surface area contributed by atoms with Gasteiger partial charge in [0.25, 0.3) is 5.91 Å². The normalized spacial score (nSPS) is 11.1. The number of primary amides is 1. The molecule has 1 heterocycles. The average molecular weight is 435 g/mol. The van der Waals surface area contributed by atoms with Gasteiger partial charge in [0, 0.05) is 41.2 Å². The molecule has 0 atom stereocenters. The van der Waals surface area contributed by atoms with Gasteiger partial charge in [-0.25, -0.2) is 0 Å². The van der Waals surface area contributed by atoms with Gasteiger partial charge in [-0.3, -0.25) is 4.79 Å². The number of halogens is 1. The molecule has 0 aliphatic rings. The zero-order valence-corrected chi connectivity index (χ0v) is 18.3. The van der Waals surface area contributed by atoms with Crippen molar-refractivity contribution in [3.8, 4) is 11.1 Å². The average Bonchev–Trinajstić information content (AvgIpc) is 2.92. The van der Waals surface area contributed by atoms with Crippen LogP contribution in [-0.4, -0.2) is 23.7 Å². The van der Waals surface area contributed by atoms with Crippen molar-refractivity contribution in [1.82, 2.24) is 4.57 Å². The monoisotopic (exact) mass is 434 g/mol. The zero-order valence-electron chi connectivity index (χ0n) is 16.7. The van der Waals surface area contributed by atoms with Gasteiger partial charge in [-0.05, 0) is 50.8 Å². The molecule has 1 aromatic heterocycles. The molecule has 0 unspecified atom stereocenters. The van der Waals surface area contributed by atoms with Crippen molar-refractivity contribution in [1.29, 1.82) is 0 Å². The van der Waals surface area contributed by atoms with Crippen LogP contribution in [0.25, 0.3) is 11.1 Å². The quantitative estimate of drug-likeness (QED) is 0.475. The Hall–Kier alpha value is -1.59. The Balaban J connectivity index is 2.52. The minimum absolute atomic E-state index is 0.356. The SMILES string of the molecule is CCCCCc1c(-c2ccc(Br)cc2)c(C(N)=O)c(C)n1CCCOCC. The predicted octanol–water partition coefficient (Wildman–Crippen LogP) is 5.48. The van der Waals surface area contributed by atoms with Crippen LogP contribution in [-0.2, 0) is 17.7 Å². The number of ether oxygens (including phenoxy) is 1. The molecule has 5 heteroatoms. The lowest BCUT2D eigenvalue weighted by atomic mass is 9.97. The summed E-state index contributed by atoms with van der Waals surface area (Å²) in [6, 6.07) is 8.13. The van der Waals surface area contributed by atoms with Crippen LogP contribution in [0.1, 0.15) is 61.3 Å². The Morgan fingerprint density at radius 1 is 1.15 bits per heavy atom. The van der Waals surface area contributed by atoms with E-state index in [4.69, 9.17) is 10.5 Å². The van der Waals surface area contributed by atoms with Crippen molar-refractivity contribution < 1.29 is 9.53 Å². The van der Waals surface area contributed by atoms with E-state index in [0.29, 0.717) is 5.56 Å². The van der Waals surface area contributed by atoms with Crippen LogP contribution in [0.3, 0.4) is 0 Å². The van der Waals surface area contributed by atoms with Crippen LogP contribution in [0.4, 0.5) is 0 Å². The maximum Gasteiger partial charge on any atom is 0.251 e. The molecule has 1 aromatic carbocycles. The fourth-order valence-electron chi connectivity index (χ4n) is 3.60. The van der Waals surface area contributed by atoms with Crippen molar-refractivity contribution in [3.63, 3.8) is 0 Å². The summed E-state index contributed by atoms with van der Waals surface area (Å²) in [5, 5.41) is 0. The number of unbranched alkanes of at least 4 members (excludes halogenated alkanes) is 2. The van der Waals surface area contributed by atoms with E-state index >= 15 is 0 Å². The number of hydrogen-bond donors (Lipinski definition) is 1. The highest BCUT2D eigenvalue weighted by Crippen LogP contribution is 2.34. The molecule has 0 aliphatic carbocycles. The van der Waals surface area contributed by atoms with Crippen molar-refractivity contribution in [2.24, 2.45) is 5.73 Å². The van der Waals surface area contributed by atoms with Crippen LogP contribution in [0.2, 0.25) is 0 Å². The van der Waals surface area contributed by atoms with Gasteiger partial charge in [0.05, 0.1) is 5.56 Å². The summed E-state index contributed by atoms with van der Waals surface area (Å²) in [7, 11) is 0. The lowest BCUT2D eigenvalue weighted by Crippen LogP contribution is -2.13. The number of benzene rings is 1. The van der Waals surface area contributed by atoms with Gasteiger partial charge < -0.3 is 15.0 Å². The van der Waals surface area contributed by atoms with Crippen LogP contribution in [0, 0.1) is 6.92 Å². The van der Waals surface area contributed by atoms with Crippen LogP contribution >= 0.6 is 15.9 Å². The van der Waals surface area contributed by atoms with E-state index in [-0.39, 0.29) is 5.91 Å². The lowest BCUT2D eigenvalue weighted by molar-refractivity contribution is 0.1000. The molecule has 27 heavy (non-hydrogen) atoms. The third-order valence-corrected chi connectivity index (χ3v) is 5.43. The number of aromatic nitrogens is 1. The second kappa shape index (κ2) is 10.7. The number of carbonyl (C=O) groups excluding carboxylic acids is 1. The summed E-state index contributed by atoms with van der Waals surface area (Å²) in [5.74, 6) is -0.356. The van der Waals surface area contributed by atoms with Gasteiger partial charge in [0.15, 0.2) is 0 Å². The summed E-state index contributed by atoms with van der Waals surface area (Å²) >= 11 is 3.49. The van der Waals surface area contributed by atoms with E-state index in [1.165, 1.54) is 18.5 Å². The molecule has 0 aliphatic heterocycles. The van der Waals surface area contributed by atoms with Gasteiger partial charge in [0.1, 0.15) is 0 Å². The number of nitrogens with zero attached hydrogens (tertiary/aromatic N) is 1. The standard InChI is InChI=1S/C22H31BrN2O2/c1-4-6-7-9-19-21(17-10-12-18(23)13-11-17)20(22(24)26)16(3)25(19)14-8-15-27-5-2/h10-13H,4-9,14-15H2,1-3H3,(H2,24,26). The summed E-state index contributed by atoms with van der Waals surface area (Å²) in [4.78, 5) is 12.3. The first-order chi connectivity index (χ1) is 13.0. The fraction of sp³-hybridized carbons (Fsp3) is 0.500. The Labute approximate surface area is 171 Å². The zero-order chi connectivity index (χ0) is 19.8. The van der Waals surface area contributed by atoms with E-state index in [1.54, 1.807) is 0 Å². The molecule has 148 valence electrons. The van der Waals surface area contributed by atoms with Crippen molar-refractivity contribution in [2.75, 3.05) is 13.2 Å². The van der Waals surface area contributed by atoms with Gasteiger partial charge in [0.2, 0.25) is 0 Å². The first-order valence-corrected chi connectivity index (χ1v) is 10.7. The number of rotatable bonds is 11. The second-order valence-corrected chi connectivity index (χ2v) is 7.73. The maximum atomic E-state index is 12.3. The molecule has 0 saturated carbocycles. The molecule has 0 radical (unpaired) electrons. The Morgan fingerprint density at radius 3 is 2.44 bits per heavy atom. The molecule has 2 N–H and O–H groups in total. The lowest BCUT2D eigenvalue weighted by Gasteiger charge is -2.13. The molecule has 4 nitrogen and oxygen atoms in total. The highest BCUT2D eigenvalue weighted by atomic mass is 79.9. The summed E-state index contributed by atoms with van der Waals surface area (Å²) in [6.45, 7) is 8.51. The van der Waals surface area contributed by atoms with Gasteiger partial charge in [-0.2, -0.15) is 0 Å². The summed E-state index contributed by atoms with van der Waals surface area (Å²) in [6.07, 6.45) is 5.31. The molecule has 0 bridgehead atoms. The van der Waals surface area contributed by atoms with E-state index < -0.39 is 0 Å². The van der Waals surface area contributed by atoms with Crippen LogP contribution < -0.4 is 5.73 Å². The third kappa shape index (κ3) is 5.45. The van der Waals surface area contributed by atoms with Crippen molar-refractivity contribution in [2.45, 2.75) is 59.4 Å². The van der Waals surface area contributed by atoms with Crippen LogP contribution in [0.15, 0.2) is 28.7 Å². The number of nitrogens with two attached hydrogens (primary N) is 1. The molecule has 1 amide bonds. The predicted molar refractivity (Wildman–Crippen MR) is 115 cm³/mol. The highest BCUT2D eigenvalue weighted by molar-refractivity contribution is 9.10. The maximum absolute atomic E-state index is 12.3. The summed E-state index contributed by atoms with van der Waals surface area (Å²) in [5.41, 5.74) is 10.7. The van der Waals surface area contributed by atoms with Crippen molar-refractivity contribution in [3.05, 3.63) is 45.7 Å². The molecule has 0 fully saturated rings. The van der Waals surface area contributed by atoms with E-state index in [1.807, 2.05) is 26.0 Å². The van der Waals surface area contributed by atoms with Crippen LogP contribution in [0.5, 0.6) is 0 Å². The molecule has 0 saturated heterocycles. The number of carbonyl (C=O) groups is 1. The number of hydrogen-bond acceptors (Lipinski definition) is 2. The van der Waals surface area contributed by atoms with Gasteiger partial charge in [-0.15, -0.1) is 0 Å². The van der Waals surface area contributed by atoms with Gasteiger partial charge in [-0.1, -0.05) is 47.8 Å². The molecule has 2 rings (SSSR count). The Bertz CT molecular complexity index is 751. The van der Waals surface area contributed by atoms with E-state index in [9.17, 15) is 4.79 Å². The van der Waals surface area contributed by atoms with E-state index in [0.717, 1.165) is 60.3 Å². The topological polar surface area (TPSA) is 57.2 Å². The third-order valence-electron chi connectivity index (χ3n) is 4.90.